The third-order valence-corrected chi connectivity index (χ3v) is 5.47. The lowest BCUT2D eigenvalue weighted by molar-refractivity contribution is -0.344. The van der Waals surface area contributed by atoms with Gasteiger partial charge in [-0.1, -0.05) is 39.8 Å². The fourth-order valence-corrected chi connectivity index (χ4v) is 3.80. The molecule has 0 spiro atoms. The molecule has 0 fully saturated rings. The van der Waals surface area contributed by atoms with Crippen molar-refractivity contribution in [2.75, 3.05) is 0 Å². The lowest BCUT2D eigenvalue weighted by Crippen LogP contribution is -2.04. The quantitative estimate of drug-likeness (QED) is 0.510. The van der Waals surface area contributed by atoms with Crippen molar-refractivity contribution in [1.29, 1.82) is 0 Å². The van der Waals surface area contributed by atoms with E-state index < -0.39 is 0 Å². The molecule has 0 aliphatic carbocycles. The van der Waals surface area contributed by atoms with Crippen LogP contribution in [0.15, 0.2) is 48.0 Å². The number of nitrogens with zero attached hydrogens (tertiary/aromatic N) is 2. The molecule has 1 aliphatic rings. The molecule has 0 amide bonds. The predicted molar refractivity (Wildman–Crippen MR) is 115 cm³/mol. The number of hydrogen-bond acceptors (Lipinski definition) is 0. The second-order valence-electron chi connectivity index (χ2n) is 7.36. The molecule has 0 radical (unpaired) electrons. The lowest BCUT2D eigenvalue weighted by atomic mass is 9.99. The van der Waals surface area contributed by atoms with E-state index in [2.05, 4.69) is 77.1 Å². The maximum absolute atomic E-state index is 11.1. The Balaban J connectivity index is 2.03. The molecule has 140 valence electrons. The zero-order valence-electron chi connectivity index (χ0n) is 17.3. The van der Waals surface area contributed by atoms with E-state index in [4.69, 9.17) is 0 Å². The Morgan fingerprint density at radius 3 is 1.48 bits per heavy atom. The Labute approximate surface area is 163 Å². The average molecular weight is 359 g/mol. The molecule has 0 saturated heterocycles. The molecule has 0 N–H and O–H groups in total. The molecule has 0 atom stereocenters. The first-order valence-electron chi connectivity index (χ1n) is 10.2. The van der Waals surface area contributed by atoms with E-state index in [1.165, 1.54) is 27.0 Å². The Morgan fingerprint density at radius 1 is 0.667 bits per heavy atom. The Hall–Kier alpha value is -2.48. The summed E-state index contributed by atoms with van der Waals surface area (Å²) < 4.78 is 1.39. The van der Waals surface area contributed by atoms with Gasteiger partial charge in [-0.3, -0.25) is 0 Å². The van der Waals surface area contributed by atoms with Gasteiger partial charge in [0.15, 0.2) is 0 Å². The molecule has 0 aromatic heterocycles. The van der Waals surface area contributed by atoms with E-state index in [1.807, 2.05) is 0 Å². The van der Waals surface area contributed by atoms with Crippen LogP contribution >= 0.6 is 0 Å². The summed E-state index contributed by atoms with van der Waals surface area (Å²) in [5.41, 5.74) is 21.4. The highest BCUT2D eigenvalue weighted by Crippen LogP contribution is 2.36. The molecular formula is C25H30N2. The summed E-state index contributed by atoms with van der Waals surface area (Å²) in [5, 5.41) is 0. The molecule has 27 heavy (non-hydrogen) atoms. The van der Waals surface area contributed by atoms with Gasteiger partial charge in [0.1, 0.15) is 0 Å². The molecule has 2 heteroatoms. The highest BCUT2D eigenvalue weighted by atomic mass is 15.2. The van der Waals surface area contributed by atoms with E-state index in [0.29, 0.717) is 0 Å². The van der Waals surface area contributed by atoms with E-state index in [1.54, 1.807) is 0 Å². The van der Waals surface area contributed by atoms with Crippen LogP contribution < -0.4 is 0 Å². The fraction of sp³-hybridized carbons (Fsp3) is 0.360. The van der Waals surface area contributed by atoms with Gasteiger partial charge in [-0.05, 0) is 79.1 Å². The van der Waals surface area contributed by atoms with Crippen LogP contribution in [-0.2, 0) is 25.7 Å². The minimum Gasteiger partial charge on any atom is -0.493 e. The lowest BCUT2D eigenvalue weighted by Gasteiger charge is -2.13. The van der Waals surface area contributed by atoms with Gasteiger partial charge in [0.2, 0.25) is 11.4 Å². The van der Waals surface area contributed by atoms with Crippen LogP contribution in [0, 0.1) is 0 Å². The molecule has 1 heterocycles. The molecule has 2 nitrogen and oxygen atoms in total. The van der Waals surface area contributed by atoms with Gasteiger partial charge in [0.05, 0.1) is 0 Å². The number of allylic oxidation sites excluding steroid dienone is 2. The Bertz CT molecular complexity index is 900. The maximum atomic E-state index is 11.1. The van der Waals surface area contributed by atoms with E-state index in [-0.39, 0.29) is 0 Å². The summed E-state index contributed by atoms with van der Waals surface area (Å²) in [4.78, 5) is 0. The van der Waals surface area contributed by atoms with E-state index in [0.717, 1.165) is 53.8 Å². The van der Waals surface area contributed by atoms with Gasteiger partial charge < -0.3 is 5.53 Å². The molecular weight excluding hydrogens is 328 g/mol. The molecule has 0 saturated carbocycles. The summed E-state index contributed by atoms with van der Waals surface area (Å²) >= 11 is 0. The highest BCUT2D eigenvalue weighted by Gasteiger charge is 2.27. The van der Waals surface area contributed by atoms with Crippen molar-refractivity contribution in [2.24, 2.45) is 0 Å². The van der Waals surface area contributed by atoms with Gasteiger partial charge in [0.25, 0.3) is 0 Å². The standard InChI is InChI=1S/C25H30N2/c1-6-18-11-19(7-2)14-22(13-18)24-10-17(5)25(27(24)26)23-15-20(8-3)12-21(9-4)16-23/h10-16H,6-9H2,1-5H3. The number of rotatable bonds is 6. The minimum atomic E-state index is 0.868. The number of benzene rings is 2. The van der Waals surface area contributed by atoms with Gasteiger partial charge in [0, 0.05) is 22.8 Å². The van der Waals surface area contributed by atoms with Crippen LogP contribution in [-0.4, -0.2) is 4.70 Å². The molecule has 3 rings (SSSR count). The second-order valence-corrected chi connectivity index (χ2v) is 7.36. The molecule has 2 aromatic rings. The average Bonchev–Trinajstić information content (AvgIpc) is 3.00. The molecule has 2 aromatic carbocycles. The van der Waals surface area contributed by atoms with E-state index in [9.17, 15) is 5.53 Å². The normalized spacial score (nSPS) is 14.1. The van der Waals surface area contributed by atoms with Crippen molar-refractivity contribution in [2.45, 2.75) is 60.3 Å². The first-order chi connectivity index (χ1) is 13.0. The Kier molecular flexibility index (Phi) is 5.74. The predicted octanol–water partition coefficient (Wildman–Crippen LogP) is 6.76. The van der Waals surface area contributed by atoms with Crippen LogP contribution in [0.3, 0.4) is 0 Å². The Morgan fingerprint density at radius 2 is 1.07 bits per heavy atom. The van der Waals surface area contributed by atoms with Crippen LogP contribution in [0.25, 0.3) is 16.9 Å². The maximum Gasteiger partial charge on any atom is 0.210 e. The van der Waals surface area contributed by atoms with E-state index >= 15 is 0 Å². The summed E-state index contributed by atoms with van der Waals surface area (Å²) in [5.74, 6) is 0. The smallest absolute Gasteiger partial charge is 0.210 e. The zero-order valence-corrected chi connectivity index (χ0v) is 17.3. The first kappa shape index (κ1) is 19.3. The molecule has 0 unspecified atom stereocenters. The number of aryl methyl sites for hydroxylation is 4. The van der Waals surface area contributed by atoms with Gasteiger partial charge in [-0.2, -0.15) is 0 Å². The van der Waals surface area contributed by atoms with Crippen molar-refractivity contribution in [1.82, 2.24) is 0 Å². The van der Waals surface area contributed by atoms with Crippen LogP contribution in [0.4, 0.5) is 0 Å². The summed E-state index contributed by atoms with van der Waals surface area (Å²) in [7, 11) is 0. The van der Waals surface area contributed by atoms with Gasteiger partial charge in [-0.15, -0.1) is 0 Å². The van der Waals surface area contributed by atoms with Gasteiger partial charge in [-0.25, -0.2) is 4.70 Å². The zero-order chi connectivity index (χ0) is 19.6. The van der Waals surface area contributed by atoms with Crippen molar-refractivity contribution >= 4 is 11.4 Å². The van der Waals surface area contributed by atoms with Crippen LogP contribution in [0.1, 0.15) is 68.0 Å². The number of hydrogen-bond donors (Lipinski definition) is 0. The minimum absolute atomic E-state index is 0.868. The topological polar surface area (TPSA) is 25.3 Å². The van der Waals surface area contributed by atoms with Gasteiger partial charge >= 0.3 is 0 Å². The SMILES string of the molecule is CCc1cc(CC)cc(C2=CC(C)=C(c3cc(CC)cc(CC)c3)[N+]2=[N-])c1. The van der Waals surface area contributed by atoms with Crippen molar-refractivity contribution < 1.29 is 4.70 Å². The third-order valence-electron chi connectivity index (χ3n) is 5.47. The third kappa shape index (κ3) is 3.80. The summed E-state index contributed by atoms with van der Waals surface area (Å²) in [6.07, 6.45) is 6.09. The van der Waals surface area contributed by atoms with Crippen LogP contribution in [0.5, 0.6) is 0 Å². The summed E-state index contributed by atoms with van der Waals surface area (Å²) in [6, 6.07) is 13.3. The fourth-order valence-electron chi connectivity index (χ4n) is 3.80. The second kappa shape index (κ2) is 8.04. The van der Waals surface area contributed by atoms with Crippen molar-refractivity contribution in [3.63, 3.8) is 0 Å². The van der Waals surface area contributed by atoms with Crippen LogP contribution in [0.2, 0.25) is 0 Å². The largest absolute Gasteiger partial charge is 0.493 e. The highest BCUT2D eigenvalue weighted by molar-refractivity contribution is 5.78. The molecule has 0 bridgehead atoms. The van der Waals surface area contributed by atoms with Crippen molar-refractivity contribution in [3.05, 3.63) is 87.0 Å². The summed E-state index contributed by atoms with van der Waals surface area (Å²) in [6.45, 7) is 10.8. The monoisotopic (exact) mass is 358 g/mol. The van der Waals surface area contributed by atoms with Crippen molar-refractivity contribution in [3.8, 4) is 0 Å². The first-order valence-corrected chi connectivity index (χ1v) is 10.2. The molecule has 1 aliphatic heterocycles.